The fourth-order valence-corrected chi connectivity index (χ4v) is 2.63. The minimum absolute atomic E-state index is 0.430. The van der Waals surface area contributed by atoms with Crippen LogP contribution in [0.3, 0.4) is 0 Å². The highest BCUT2D eigenvalue weighted by atomic mass is 16.3. The van der Waals surface area contributed by atoms with Gasteiger partial charge in [0.15, 0.2) is 0 Å². The number of aliphatic hydroxyl groups is 1. The van der Waals surface area contributed by atoms with Gasteiger partial charge >= 0.3 is 0 Å². The summed E-state index contributed by atoms with van der Waals surface area (Å²) in [6.07, 6.45) is 6.54. The average Bonchev–Trinajstić information content (AvgIpc) is 2.64. The molecule has 0 amide bonds. The lowest BCUT2D eigenvalue weighted by atomic mass is 9.98. The zero-order valence-corrected chi connectivity index (χ0v) is 11.5. The first-order valence-electron chi connectivity index (χ1n) is 7.09. The number of aliphatic hydroxyl groups excluding tert-OH is 1. The number of hydrogen-bond donors (Lipinski definition) is 1. The Morgan fingerprint density at radius 3 is 2.83 bits per heavy atom. The van der Waals surface area contributed by atoms with Crippen molar-refractivity contribution < 1.29 is 5.11 Å². The molecular formula is C15H24N2O. The second-order valence-corrected chi connectivity index (χ2v) is 5.32. The normalized spacial score (nSPS) is 22.6. The molecule has 0 bridgehead atoms. The zero-order chi connectivity index (χ0) is 13.0. The van der Waals surface area contributed by atoms with E-state index >= 15 is 0 Å². The van der Waals surface area contributed by atoms with Gasteiger partial charge in [0.1, 0.15) is 5.82 Å². The summed E-state index contributed by atoms with van der Waals surface area (Å²) in [6.45, 7) is 6.28. The maximum Gasteiger partial charge on any atom is 0.128 e. The number of nitrogens with zero attached hydrogens (tertiary/aromatic N) is 2. The Labute approximate surface area is 110 Å². The van der Waals surface area contributed by atoms with Crippen molar-refractivity contribution in [3.8, 4) is 0 Å². The fourth-order valence-electron chi connectivity index (χ4n) is 2.63. The standard InChI is InChI=1S/C15H24N2O/c1-3-13-5-4-9-17(10-8-13)15-7-6-14(11-16-15)12(2)18/h6-7,11-13,18H,3-5,8-10H2,1-2H3. The van der Waals surface area contributed by atoms with E-state index in [-0.39, 0.29) is 0 Å². The van der Waals surface area contributed by atoms with Crippen LogP contribution in [0.5, 0.6) is 0 Å². The van der Waals surface area contributed by atoms with Crippen LogP contribution in [-0.2, 0) is 0 Å². The smallest absolute Gasteiger partial charge is 0.128 e. The van der Waals surface area contributed by atoms with Crippen molar-refractivity contribution >= 4 is 5.82 Å². The van der Waals surface area contributed by atoms with Crippen molar-refractivity contribution in [3.63, 3.8) is 0 Å². The first-order valence-corrected chi connectivity index (χ1v) is 7.09. The SMILES string of the molecule is CCC1CCCN(c2ccc(C(C)O)cn2)CC1. The van der Waals surface area contributed by atoms with Crippen LogP contribution in [0.2, 0.25) is 0 Å². The van der Waals surface area contributed by atoms with Crippen molar-refractivity contribution in [2.45, 2.75) is 45.6 Å². The summed E-state index contributed by atoms with van der Waals surface area (Å²) >= 11 is 0. The summed E-state index contributed by atoms with van der Waals surface area (Å²) in [4.78, 5) is 6.86. The largest absolute Gasteiger partial charge is 0.389 e. The first-order chi connectivity index (χ1) is 8.70. The van der Waals surface area contributed by atoms with Gasteiger partial charge in [-0.2, -0.15) is 0 Å². The van der Waals surface area contributed by atoms with Gasteiger partial charge in [0, 0.05) is 19.3 Å². The summed E-state index contributed by atoms with van der Waals surface area (Å²) in [7, 11) is 0. The van der Waals surface area contributed by atoms with Crippen LogP contribution in [0.15, 0.2) is 18.3 Å². The Morgan fingerprint density at radius 1 is 1.39 bits per heavy atom. The van der Waals surface area contributed by atoms with Gasteiger partial charge in [0.05, 0.1) is 6.10 Å². The highest BCUT2D eigenvalue weighted by Gasteiger charge is 2.16. The molecule has 0 spiro atoms. The predicted octanol–water partition coefficient (Wildman–Crippen LogP) is 3.15. The minimum atomic E-state index is -0.430. The number of aromatic nitrogens is 1. The lowest BCUT2D eigenvalue weighted by Crippen LogP contribution is -2.25. The molecule has 2 unspecified atom stereocenters. The molecule has 3 nitrogen and oxygen atoms in total. The van der Waals surface area contributed by atoms with E-state index in [1.54, 1.807) is 13.1 Å². The maximum atomic E-state index is 9.48. The third-order valence-corrected chi connectivity index (χ3v) is 4.00. The molecule has 1 N–H and O–H groups in total. The Hall–Kier alpha value is -1.09. The average molecular weight is 248 g/mol. The molecule has 0 aromatic carbocycles. The van der Waals surface area contributed by atoms with Crippen LogP contribution in [0.1, 0.15) is 51.2 Å². The molecule has 100 valence electrons. The zero-order valence-electron chi connectivity index (χ0n) is 11.5. The maximum absolute atomic E-state index is 9.48. The van der Waals surface area contributed by atoms with E-state index in [0.717, 1.165) is 30.4 Å². The van der Waals surface area contributed by atoms with Gasteiger partial charge in [-0.1, -0.05) is 19.4 Å². The van der Waals surface area contributed by atoms with Gasteiger partial charge in [-0.05, 0) is 43.7 Å². The van der Waals surface area contributed by atoms with Crippen LogP contribution >= 0.6 is 0 Å². The minimum Gasteiger partial charge on any atom is -0.389 e. The number of anilines is 1. The summed E-state index contributed by atoms with van der Waals surface area (Å²) in [5.41, 5.74) is 0.889. The van der Waals surface area contributed by atoms with Crippen molar-refractivity contribution in [3.05, 3.63) is 23.9 Å². The number of pyridine rings is 1. The highest BCUT2D eigenvalue weighted by Crippen LogP contribution is 2.24. The molecular weight excluding hydrogens is 224 g/mol. The van der Waals surface area contributed by atoms with E-state index in [1.807, 2.05) is 12.1 Å². The molecule has 2 rings (SSSR count). The van der Waals surface area contributed by atoms with Gasteiger partial charge in [-0.25, -0.2) is 4.98 Å². The van der Waals surface area contributed by atoms with E-state index in [0.29, 0.717) is 0 Å². The van der Waals surface area contributed by atoms with E-state index in [1.165, 1.54) is 25.7 Å². The van der Waals surface area contributed by atoms with E-state index < -0.39 is 6.10 Å². The molecule has 1 fully saturated rings. The summed E-state index contributed by atoms with van der Waals surface area (Å²) in [5.74, 6) is 1.93. The Balaban J connectivity index is 2.02. The summed E-state index contributed by atoms with van der Waals surface area (Å²) < 4.78 is 0. The van der Waals surface area contributed by atoms with Crippen LogP contribution < -0.4 is 4.90 Å². The number of rotatable bonds is 3. The third kappa shape index (κ3) is 3.22. The molecule has 3 heteroatoms. The van der Waals surface area contributed by atoms with Crippen molar-refractivity contribution in [1.29, 1.82) is 0 Å². The van der Waals surface area contributed by atoms with Gasteiger partial charge in [0.25, 0.3) is 0 Å². The second kappa shape index (κ2) is 6.19. The first kappa shape index (κ1) is 13.3. The number of hydrogen-bond acceptors (Lipinski definition) is 3. The quantitative estimate of drug-likeness (QED) is 0.892. The van der Waals surface area contributed by atoms with Crippen molar-refractivity contribution in [2.75, 3.05) is 18.0 Å². The van der Waals surface area contributed by atoms with Crippen LogP contribution in [0.25, 0.3) is 0 Å². The molecule has 2 heterocycles. The molecule has 1 aliphatic rings. The molecule has 1 aliphatic heterocycles. The lowest BCUT2D eigenvalue weighted by Gasteiger charge is -2.22. The van der Waals surface area contributed by atoms with Crippen LogP contribution in [-0.4, -0.2) is 23.2 Å². The van der Waals surface area contributed by atoms with Crippen molar-refractivity contribution in [1.82, 2.24) is 4.98 Å². The highest BCUT2D eigenvalue weighted by molar-refractivity contribution is 5.39. The monoisotopic (exact) mass is 248 g/mol. The Kier molecular flexibility index (Phi) is 4.59. The van der Waals surface area contributed by atoms with E-state index in [9.17, 15) is 5.11 Å². The molecule has 1 aromatic heterocycles. The molecule has 2 atom stereocenters. The van der Waals surface area contributed by atoms with Gasteiger partial charge in [-0.15, -0.1) is 0 Å². The Bertz CT molecular complexity index is 361. The second-order valence-electron chi connectivity index (χ2n) is 5.32. The van der Waals surface area contributed by atoms with Crippen LogP contribution in [0, 0.1) is 5.92 Å². The molecule has 0 aliphatic carbocycles. The van der Waals surface area contributed by atoms with Gasteiger partial charge in [0.2, 0.25) is 0 Å². The Morgan fingerprint density at radius 2 is 2.22 bits per heavy atom. The topological polar surface area (TPSA) is 36.4 Å². The lowest BCUT2D eigenvalue weighted by molar-refractivity contribution is 0.199. The van der Waals surface area contributed by atoms with Gasteiger partial charge < -0.3 is 10.0 Å². The third-order valence-electron chi connectivity index (χ3n) is 4.00. The predicted molar refractivity (Wildman–Crippen MR) is 74.7 cm³/mol. The van der Waals surface area contributed by atoms with E-state index in [2.05, 4.69) is 16.8 Å². The molecule has 0 saturated carbocycles. The van der Waals surface area contributed by atoms with Gasteiger partial charge in [-0.3, -0.25) is 0 Å². The molecule has 1 aromatic rings. The van der Waals surface area contributed by atoms with Crippen LogP contribution in [0.4, 0.5) is 5.82 Å². The molecule has 18 heavy (non-hydrogen) atoms. The fraction of sp³-hybridized carbons (Fsp3) is 0.667. The summed E-state index contributed by atoms with van der Waals surface area (Å²) in [5, 5.41) is 9.48. The molecule has 0 radical (unpaired) electrons. The van der Waals surface area contributed by atoms with Crippen molar-refractivity contribution in [2.24, 2.45) is 5.92 Å². The van der Waals surface area contributed by atoms with E-state index in [4.69, 9.17) is 0 Å². The summed E-state index contributed by atoms with van der Waals surface area (Å²) in [6, 6.07) is 4.02. The molecule has 1 saturated heterocycles.